The van der Waals surface area contributed by atoms with Crippen molar-refractivity contribution in [1.29, 1.82) is 0 Å². The molecule has 0 bridgehead atoms. The third kappa shape index (κ3) is 2.86. The Morgan fingerprint density at radius 3 is 2.87 bits per heavy atom. The Bertz CT molecular complexity index is 668. The normalized spacial score (nSPS) is 27.9. The topological polar surface area (TPSA) is 58.5 Å². The van der Waals surface area contributed by atoms with Crippen molar-refractivity contribution in [3.8, 4) is 0 Å². The predicted octanol–water partition coefficient (Wildman–Crippen LogP) is 1.38. The van der Waals surface area contributed by atoms with E-state index in [4.69, 9.17) is 4.74 Å². The lowest BCUT2D eigenvalue weighted by Crippen LogP contribution is -2.38. The molecule has 0 amide bonds. The lowest BCUT2D eigenvalue weighted by Gasteiger charge is -2.26. The number of hydrogen-bond acceptors (Lipinski definition) is 5. The van der Waals surface area contributed by atoms with Crippen LogP contribution in [0.25, 0.3) is 0 Å². The Kier molecular flexibility index (Phi) is 3.82. The molecule has 0 spiro atoms. The summed E-state index contributed by atoms with van der Waals surface area (Å²) in [6.45, 7) is 2.03. The second-order valence-corrected chi connectivity index (χ2v) is 6.24. The number of alkyl halides is 1. The van der Waals surface area contributed by atoms with Crippen LogP contribution in [0.5, 0.6) is 0 Å². The predicted molar refractivity (Wildman–Crippen MR) is 84.6 cm³/mol. The van der Waals surface area contributed by atoms with Gasteiger partial charge in [-0.2, -0.15) is 0 Å². The highest BCUT2D eigenvalue weighted by molar-refractivity contribution is 5.46. The molecule has 3 aliphatic rings. The Morgan fingerprint density at radius 2 is 2.13 bits per heavy atom. The molecule has 4 rings (SSSR count). The maximum atomic E-state index is 13.3. The van der Waals surface area contributed by atoms with E-state index in [0.717, 1.165) is 18.7 Å². The third-order valence-corrected chi connectivity index (χ3v) is 4.65. The first-order valence-corrected chi connectivity index (χ1v) is 8.17. The van der Waals surface area contributed by atoms with Crippen LogP contribution in [0.15, 0.2) is 35.0 Å². The minimum Gasteiger partial charge on any atom is -0.381 e. The molecule has 2 atom stereocenters. The largest absolute Gasteiger partial charge is 0.381 e. The van der Waals surface area contributed by atoms with Gasteiger partial charge in [-0.25, -0.2) is 9.82 Å². The minimum atomic E-state index is -0.791. The van der Waals surface area contributed by atoms with E-state index in [9.17, 15) is 9.18 Å². The first-order valence-electron chi connectivity index (χ1n) is 8.17. The summed E-state index contributed by atoms with van der Waals surface area (Å²) in [6, 6.07) is 3.71. The summed E-state index contributed by atoms with van der Waals surface area (Å²) in [5, 5.41) is 4.98. The van der Waals surface area contributed by atoms with Crippen molar-refractivity contribution in [2.75, 3.05) is 25.1 Å². The summed E-state index contributed by atoms with van der Waals surface area (Å²) in [6.07, 6.45) is 5.22. The molecule has 2 N–H and O–H groups in total. The molecule has 0 unspecified atom stereocenters. The number of ether oxygens (including phenoxy) is 1. The van der Waals surface area contributed by atoms with Crippen molar-refractivity contribution < 1.29 is 9.13 Å². The number of hydrazine groups is 1. The number of hydrogen-bond donors (Lipinski definition) is 2. The maximum Gasteiger partial charge on any atom is 0.274 e. The number of rotatable bonds is 4. The summed E-state index contributed by atoms with van der Waals surface area (Å²) < 4.78 is 20.5. The highest BCUT2D eigenvalue weighted by Crippen LogP contribution is 2.33. The van der Waals surface area contributed by atoms with Crippen LogP contribution < -0.4 is 16.3 Å². The second kappa shape index (κ2) is 5.98. The van der Waals surface area contributed by atoms with Crippen LogP contribution in [-0.2, 0) is 4.74 Å². The van der Waals surface area contributed by atoms with Gasteiger partial charge in [-0.05, 0) is 31.1 Å². The van der Waals surface area contributed by atoms with Crippen LogP contribution >= 0.6 is 0 Å². The van der Waals surface area contributed by atoms with E-state index in [1.807, 2.05) is 18.3 Å². The fourth-order valence-electron chi connectivity index (χ4n) is 3.24. The molecular weight excluding hydrogens is 299 g/mol. The highest BCUT2D eigenvalue weighted by atomic mass is 19.1. The summed E-state index contributed by atoms with van der Waals surface area (Å²) in [4.78, 5) is 12.7. The number of anilines is 1. The Labute approximate surface area is 133 Å². The fourth-order valence-corrected chi connectivity index (χ4v) is 3.24. The van der Waals surface area contributed by atoms with Gasteiger partial charge in [0.15, 0.2) is 0 Å². The number of halogens is 1. The second-order valence-electron chi connectivity index (χ2n) is 6.24. The lowest BCUT2D eigenvalue weighted by molar-refractivity contribution is 0.0687. The zero-order chi connectivity index (χ0) is 15.8. The first kappa shape index (κ1) is 14.7. The van der Waals surface area contributed by atoms with Crippen molar-refractivity contribution in [2.24, 2.45) is 0 Å². The summed E-state index contributed by atoms with van der Waals surface area (Å²) in [5.41, 5.74) is 3.61. The van der Waals surface area contributed by atoms with Gasteiger partial charge in [-0.3, -0.25) is 9.80 Å². The van der Waals surface area contributed by atoms with E-state index in [1.54, 1.807) is 15.6 Å². The van der Waals surface area contributed by atoms with E-state index < -0.39 is 6.17 Å². The van der Waals surface area contributed by atoms with Gasteiger partial charge in [-0.15, -0.1) is 0 Å². The summed E-state index contributed by atoms with van der Waals surface area (Å²) in [5.74, 6) is 0.761. The van der Waals surface area contributed by atoms with E-state index in [1.165, 1.54) is 0 Å². The zero-order valence-electron chi connectivity index (χ0n) is 12.9. The van der Waals surface area contributed by atoms with Crippen molar-refractivity contribution >= 4 is 5.69 Å². The number of nitrogens with one attached hydrogen (secondary N) is 2. The summed E-state index contributed by atoms with van der Waals surface area (Å²) in [7, 11) is 0. The molecule has 3 heterocycles. The van der Waals surface area contributed by atoms with Crippen molar-refractivity contribution in [2.45, 2.75) is 37.5 Å². The molecule has 2 aliphatic heterocycles. The van der Waals surface area contributed by atoms with Gasteiger partial charge in [0.2, 0.25) is 0 Å². The third-order valence-electron chi connectivity index (χ3n) is 4.65. The zero-order valence-corrected chi connectivity index (χ0v) is 12.9. The lowest BCUT2D eigenvalue weighted by atomic mass is 10.1. The number of aromatic nitrogens is 1. The van der Waals surface area contributed by atoms with Gasteiger partial charge in [-0.1, -0.05) is 0 Å². The molecule has 0 aromatic carbocycles. The van der Waals surface area contributed by atoms with Gasteiger partial charge in [0.05, 0.1) is 6.04 Å². The first-order chi connectivity index (χ1) is 11.2. The Morgan fingerprint density at radius 1 is 1.35 bits per heavy atom. The molecule has 1 saturated carbocycles. The molecular formula is C16H21FN4O2. The monoisotopic (exact) mass is 320 g/mol. The highest BCUT2D eigenvalue weighted by Gasteiger charge is 2.44. The van der Waals surface area contributed by atoms with E-state index in [2.05, 4.69) is 10.7 Å². The van der Waals surface area contributed by atoms with Crippen molar-refractivity contribution in [3.63, 3.8) is 0 Å². The summed E-state index contributed by atoms with van der Waals surface area (Å²) >= 11 is 0. The van der Waals surface area contributed by atoms with Gasteiger partial charge in [0.1, 0.15) is 17.7 Å². The number of nitrogens with zero attached hydrogens (tertiary/aromatic N) is 2. The van der Waals surface area contributed by atoms with Gasteiger partial charge in [0.25, 0.3) is 5.56 Å². The standard InChI is InChI=1S/C16H21FN4O2/c17-12-10-14(12)21-15(3-6-18-21)19-13-2-1-7-20(16(13)22)11-4-8-23-9-5-11/h1-3,7,11-12,14,18-19H,4-6,8-10H2/t12-,14+/m0/s1. The smallest absolute Gasteiger partial charge is 0.274 e. The SMILES string of the molecule is O=c1c(NC2=CCNN2[C@@H]2C[C@@H]2F)cccn1C1CCOCC1. The number of pyridine rings is 1. The quantitative estimate of drug-likeness (QED) is 0.878. The average Bonchev–Trinajstić information content (AvgIpc) is 3.12. The van der Waals surface area contributed by atoms with E-state index >= 15 is 0 Å². The molecule has 1 aromatic heterocycles. The van der Waals surface area contributed by atoms with Crippen LogP contribution in [0.2, 0.25) is 0 Å². The van der Waals surface area contributed by atoms with Crippen molar-refractivity contribution in [1.82, 2.24) is 15.0 Å². The maximum absolute atomic E-state index is 13.3. The molecule has 6 nitrogen and oxygen atoms in total. The molecule has 1 aliphatic carbocycles. The Balaban J connectivity index is 1.54. The molecule has 1 saturated heterocycles. The molecule has 23 heavy (non-hydrogen) atoms. The molecule has 7 heteroatoms. The van der Waals surface area contributed by atoms with Crippen LogP contribution in [0, 0.1) is 0 Å². The van der Waals surface area contributed by atoms with Gasteiger partial charge in [0, 0.05) is 38.4 Å². The van der Waals surface area contributed by atoms with Gasteiger partial charge < -0.3 is 14.6 Å². The molecule has 0 radical (unpaired) electrons. The molecule has 124 valence electrons. The van der Waals surface area contributed by atoms with Crippen LogP contribution in [0.3, 0.4) is 0 Å². The van der Waals surface area contributed by atoms with E-state index in [-0.39, 0.29) is 17.6 Å². The van der Waals surface area contributed by atoms with Crippen LogP contribution in [-0.4, -0.2) is 41.5 Å². The van der Waals surface area contributed by atoms with Crippen LogP contribution in [0.1, 0.15) is 25.3 Å². The average molecular weight is 320 g/mol. The fraction of sp³-hybridized carbons (Fsp3) is 0.562. The van der Waals surface area contributed by atoms with E-state index in [0.29, 0.717) is 31.9 Å². The van der Waals surface area contributed by atoms with Crippen LogP contribution in [0.4, 0.5) is 10.1 Å². The minimum absolute atomic E-state index is 0.0419. The van der Waals surface area contributed by atoms with Gasteiger partial charge >= 0.3 is 0 Å². The van der Waals surface area contributed by atoms with Crippen molar-refractivity contribution in [3.05, 3.63) is 40.6 Å². The Hall–Kier alpha value is -1.86. The molecule has 2 fully saturated rings. The molecule has 1 aromatic rings.